The number of pyridine rings is 1. The molecule has 0 amide bonds. The summed E-state index contributed by atoms with van der Waals surface area (Å²) >= 11 is 0. The molecule has 116 valence electrons. The van der Waals surface area contributed by atoms with Crippen LogP contribution in [-0.2, 0) is 4.79 Å². The molecule has 1 aliphatic rings. The van der Waals surface area contributed by atoms with E-state index in [1.807, 2.05) is 25.1 Å². The summed E-state index contributed by atoms with van der Waals surface area (Å²) in [5, 5.41) is 10.2. The Balaban J connectivity index is 2.01. The van der Waals surface area contributed by atoms with Crippen LogP contribution in [-0.4, -0.2) is 15.6 Å². The molecule has 5 nitrogen and oxygen atoms in total. The fraction of sp³-hybridized carbons (Fsp3) is 0.412. The van der Waals surface area contributed by atoms with Crippen molar-refractivity contribution in [1.82, 2.24) is 4.57 Å². The van der Waals surface area contributed by atoms with Crippen molar-refractivity contribution in [2.75, 3.05) is 5.73 Å². The highest BCUT2D eigenvalue weighted by atomic mass is 16.4. The highest BCUT2D eigenvalue weighted by Crippen LogP contribution is 2.44. The van der Waals surface area contributed by atoms with Crippen molar-refractivity contribution in [3.8, 4) is 0 Å². The highest BCUT2D eigenvalue weighted by Gasteiger charge is 2.26. The smallest absolute Gasteiger partial charge is 0.303 e. The zero-order valence-corrected chi connectivity index (χ0v) is 12.6. The molecule has 5 heteroatoms. The minimum Gasteiger partial charge on any atom is -0.481 e. The molecule has 1 aliphatic carbocycles. The Hall–Kier alpha value is -2.30. The monoisotopic (exact) mass is 300 g/mol. The molecule has 2 aromatic rings. The second-order valence-corrected chi connectivity index (χ2v) is 6.11. The maximum atomic E-state index is 12.6. The van der Waals surface area contributed by atoms with Gasteiger partial charge in [-0.1, -0.05) is 6.07 Å². The van der Waals surface area contributed by atoms with Gasteiger partial charge < -0.3 is 15.4 Å². The molecule has 1 saturated carbocycles. The van der Waals surface area contributed by atoms with E-state index in [1.54, 1.807) is 10.8 Å². The van der Waals surface area contributed by atoms with Crippen LogP contribution < -0.4 is 11.3 Å². The number of rotatable bonds is 5. The van der Waals surface area contributed by atoms with Crippen LogP contribution in [0.4, 0.5) is 5.69 Å². The second-order valence-electron chi connectivity index (χ2n) is 6.11. The van der Waals surface area contributed by atoms with Crippen molar-refractivity contribution >= 4 is 22.4 Å². The first kappa shape index (κ1) is 14.6. The topological polar surface area (TPSA) is 85.3 Å². The Morgan fingerprint density at radius 3 is 2.73 bits per heavy atom. The van der Waals surface area contributed by atoms with Gasteiger partial charge in [-0.15, -0.1) is 0 Å². The molecule has 0 aliphatic heterocycles. The predicted molar refractivity (Wildman–Crippen MR) is 86.2 cm³/mol. The third-order valence-corrected chi connectivity index (χ3v) is 4.46. The number of aromatic nitrogens is 1. The number of benzene rings is 1. The van der Waals surface area contributed by atoms with Gasteiger partial charge in [-0.25, -0.2) is 0 Å². The molecule has 0 unspecified atom stereocenters. The van der Waals surface area contributed by atoms with E-state index in [-0.39, 0.29) is 18.0 Å². The van der Waals surface area contributed by atoms with E-state index in [9.17, 15) is 9.59 Å². The van der Waals surface area contributed by atoms with E-state index in [4.69, 9.17) is 10.8 Å². The van der Waals surface area contributed by atoms with Crippen molar-refractivity contribution in [3.05, 3.63) is 40.3 Å². The quantitative estimate of drug-likeness (QED) is 0.831. The molecule has 0 bridgehead atoms. The summed E-state index contributed by atoms with van der Waals surface area (Å²) < 4.78 is 1.60. The molecule has 3 rings (SSSR count). The molecule has 1 heterocycles. The van der Waals surface area contributed by atoms with Crippen LogP contribution in [0.5, 0.6) is 0 Å². The van der Waals surface area contributed by atoms with Gasteiger partial charge in [0.25, 0.3) is 5.56 Å². The number of nitrogen functional groups attached to an aromatic ring is 1. The Morgan fingerprint density at radius 1 is 1.36 bits per heavy atom. The van der Waals surface area contributed by atoms with Gasteiger partial charge in [-0.2, -0.15) is 0 Å². The van der Waals surface area contributed by atoms with Crippen molar-refractivity contribution in [1.29, 1.82) is 0 Å². The van der Waals surface area contributed by atoms with Crippen LogP contribution in [0, 0.1) is 0 Å². The summed E-state index contributed by atoms with van der Waals surface area (Å²) in [6.07, 6.45) is 4.53. The molecular weight excluding hydrogens is 280 g/mol. The SMILES string of the molecule is C[C@H](CCC(=O)O)n1ccc2c(N)c(C3CC3)ccc2c1=O. The predicted octanol–water partition coefficient (Wildman–Crippen LogP) is 2.89. The molecule has 1 aromatic carbocycles. The summed E-state index contributed by atoms with van der Waals surface area (Å²) in [6.45, 7) is 1.86. The molecule has 0 radical (unpaired) electrons. The molecule has 3 N–H and O–H groups in total. The summed E-state index contributed by atoms with van der Waals surface area (Å²) in [5.41, 5.74) is 7.97. The lowest BCUT2D eigenvalue weighted by Crippen LogP contribution is -2.23. The van der Waals surface area contributed by atoms with Gasteiger partial charge in [0.15, 0.2) is 0 Å². The van der Waals surface area contributed by atoms with E-state index >= 15 is 0 Å². The first-order chi connectivity index (χ1) is 10.5. The molecule has 0 spiro atoms. The Labute approximate surface area is 128 Å². The first-order valence-corrected chi connectivity index (χ1v) is 7.64. The fourth-order valence-electron chi connectivity index (χ4n) is 2.95. The van der Waals surface area contributed by atoms with Crippen LogP contribution in [0.3, 0.4) is 0 Å². The number of anilines is 1. The van der Waals surface area contributed by atoms with Gasteiger partial charge in [-0.3, -0.25) is 9.59 Å². The molecule has 0 saturated heterocycles. The Bertz CT molecular complexity index is 790. The summed E-state index contributed by atoms with van der Waals surface area (Å²) in [5.74, 6) is -0.305. The van der Waals surface area contributed by atoms with Gasteiger partial charge in [0, 0.05) is 35.1 Å². The van der Waals surface area contributed by atoms with Gasteiger partial charge in [0.05, 0.1) is 0 Å². The number of hydrogen-bond acceptors (Lipinski definition) is 3. The number of nitrogens with zero attached hydrogens (tertiary/aromatic N) is 1. The van der Waals surface area contributed by atoms with Gasteiger partial charge in [0.1, 0.15) is 0 Å². The zero-order valence-electron chi connectivity index (χ0n) is 12.6. The van der Waals surface area contributed by atoms with E-state index in [0.717, 1.165) is 10.9 Å². The lowest BCUT2D eigenvalue weighted by Gasteiger charge is -2.16. The van der Waals surface area contributed by atoms with Crippen LogP contribution in [0.15, 0.2) is 29.2 Å². The van der Waals surface area contributed by atoms with E-state index in [2.05, 4.69) is 0 Å². The maximum Gasteiger partial charge on any atom is 0.303 e. The van der Waals surface area contributed by atoms with E-state index in [1.165, 1.54) is 12.8 Å². The lowest BCUT2D eigenvalue weighted by atomic mass is 10.0. The normalized spacial score (nSPS) is 15.9. The minimum absolute atomic E-state index is 0.0500. The molecule has 1 atom stereocenters. The standard InChI is InChI=1S/C17H20N2O3/c1-10(2-7-15(20)21)19-9-8-13-14(17(19)22)6-5-12(16(13)18)11-3-4-11/h5-6,8-11H,2-4,7,18H2,1H3,(H,20,21)/t10-/m1/s1. The van der Waals surface area contributed by atoms with Crippen LogP contribution in [0.25, 0.3) is 10.8 Å². The average Bonchev–Trinajstić information content (AvgIpc) is 3.30. The first-order valence-electron chi connectivity index (χ1n) is 7.64. The lowest BCUT2D eigenvalue weighted by molar-refractivity contribution is -0.137. The summed E-state index contributed by atoms with van der Waals surface area (Å²) in [6, 6.07) is 5.53. The Kier molecular flexibility index (Phi) is 3.64. The van der Waals surface area contributed by atoms with E-state index in [0.29, 0.717) is 23.4 Å². The molecule has 1 fully saturated rings. The Morgan fingerprint density at radius 2 is 2.09 bits per heavy atom. The third-order valence-electron chi connectivity index (χ3n) is 4.46. The number of carboxylic acid groups (broad SMARTS) is 1. The third kappa shape index (κ3) is 2.58. The number of nitrogens with two attached hydrogens (primary N) is 1. The molecule has 1 aromatic heterocycles. The van der Waals surface area contributed by atoms with Crippen LogP contribution in [0.2, 0.25) is 0 Å². The number of hydrogen-bond donors (Lipinski definition) is 2. The summed E-state index contributed by atoms with van der Waals surface area (Å²) in [7, 11) is 0. The maximum absolute atomic E-state index is 12.6. The molecule has 22 heavy (non-hydrogen) atoms. The van der Waals surface area contributed by atoms with Crippen molar-refractivity contribution in [2.24, 2.45) is 0 Å². The average molecular weight is 300 g/mol. The van der Waals surface area contributed by atoms with E-state index < -0.39 is 5.97 Å². The van der Waals surface area contributed by atoms with Crippen molar-refractivity contribution in [2.45, 2.75) is 44.6 Å². The van der Waals surface area contributed by atoms with Gasteiger partial charge in [-0.05, 0) is 49.8 Å². The zero-order chi connectivity index (χ0) is 15.9. The van der Waals surface area contributed by atoms with Gasteiger partial charge >= 0.3 is 5.97 Å². The number of carbonyl (C=O) groups is 1. The number of fused-ring (bicyclic) bond motifs is 1. The highest BCUT2D eigenvalue weighted by molar-refractivity contribution is 5.94. The van der Waals surface area contributed by atoms with Crippen molar-refractivity contribution in [3.63, 3.8) is 0 Å². The number of carboxylic acids is 1. The summed E-state index contributed by atoms with van der Waals surface area (Å²) in [4.78, 5) is 23.3. The van der Waals surface area contributed by atoms with Crippen LogP contribution >= 0.6 is 0 Å². The second kappa shape index (κ2) is 5.48. The number of aliphatic carboxylic acids is 1. The molecular formula is C17H20N2O3. The fourth-order valence-corrected chi connectivity index (χ4v) is 2.95. The van der Waals surface area contributed by atoms with Crippen molar-refractivity contribution < 1.29 is 9.90 Å². The van der Waals surface area contributed by atoms with Crippen LogP contribution in [0.1, 0.15) is 50.1 Å². The van der Waals surface area contributed by atoms with Gasteiger partial charge in [0.2, 0.25) is 0 Å². The largest absolute Gasteiger partial charge is 0.481 e. The minimum atomic E-state index is -0.848.